The van der Waals surface area contributed by atoms with Gasteiger partial charge in [-0.3, -0.25) is 4.79 Å². The van der Waals surface area contributed by atoms with Gasteiger partial charge in [-0.05, 0) is 40.2 Å². The monoisotopic (exact) mass is 309 g/mol. The summed E-state index contributed by atoms with van der Waals surface area (Å²) in [4.78, 5) is 11.9. The highest BCUT2D eigenvalue weighted by Crippen LogP contribution is 2.24. The van der Waals surface area contributed by atoms with Crippen LogP contribution in [0.5, 0.6) is 5.75 Å². The van der Waals surface area contributed by atoms with Gasteiger partial charge in [0.25, 0.3) is 5.91 Å². The van der Waals surface area contributed by atoms with Gasteiger partial charge in [0, 0.05) is 0 Å². The molecule has 0 saturated carbocycles. The summed E-state index contributed by atoms with van der Waals surface area (Å²) in [5, 5.41) is 12.0. The number of benzene rings is 2. The van der Waals surface area contributed by atoms with E-state index in [1.807, 2.05) is 0 Å². The summed E-state index contributed by atoms with van der Waals surface area (Å²) in [5.41, 5.74) is 0.148. The third-order valence-corrected chi connectivity index (χ3v) is 2.96. The van der Waals surface area contributed by atoms with Crippen LogP contribution in [0.15, 0.2) is 46.9 Å². The molecular formula is C13H9BrFNO2. The van der Waals surface area contributed by atoms with E-state index in [0.29, 0.717) is 0 Å². The van der Waals surface area contributed by atoms with Gasteiger partial charge >= 0.3 is 0 Å². The average molecular weight is 310 g/mol. The number of phenolic OH excluding ortho intramolecular Hbond substituents is 1. The molecule has 5 heteroatoms. The van der Waals surface area contributed by atoms with E-state index < -0.39 is 11.7 Å². The molecule has 2 aromatic carbocycles. The molecule has 3 nitrogen and oxygen atoms in total. The van der Waals surface area contributed by atoms with Gasteiger partial charge in [0.15, 0.2) is 0 Å². The lowest BCUT2D eigenvalue weighted by Gasteiger charge is -2.08. The first-order valence-corrected chi connectivity index (χ1v) is 5.92. The van der Waals surface area contributed by atoms with Gasteiger partial charge in [-0.15, -0.1) is 0 Å². The number of nitrogens with one attached hydrogen (secondary N) is 1. The summed E-state index contributed by atoms with van der Waals surface area (Å²) < 4.78 is 13.9. The Bertz CT molecular complexity index is 601. The van der Waals surface area contributed by atoms with E-state index in [0.717, 1.165) is 0 Å². The predicted molar refractivity (Wildman–Crippen MR) is 70.2 cm³/mol. The maximum atomic E-state index is 13.7. The molecule has 0 aromatic heterocycles. The number of anilines is 1. The SMILES string of the molecule is O=C(Nc1ccccc1O)c1cccc(Br)c1F. The number of hydrogen-bond donors (Lipinski definition) is 2. The third-order valence-electron chi connectivity index (χ3n) is 2.35. The Balaban J connectivity index is 2.28. The first-order valence-electron chi connectivity index (χ1n) is 5.13. The standard InChI is InChI=1S/C13H9BrFNO2/c14-9-5-3-4-8(12(9)15)13(18)16-10-6-1-2-7-11(10)17/h1-7,17H,(H,16,18). The Labute approximate surface area is 111 Å². The zero-order valence-corrected chi connectivity index (χ0v) is 10.7. The second-order valence-electron chi connectivity index (χ2n) is 3.57. The van der Waals surface area contributed by atoms with Crippen molar-refractivity contribution in [3.05, 3.63) is 58.3 Å². The number of halogens is 2. The van der Waals surface area contributed by atoms with Crippen molar-refractivity contribution in [2.24, 2.45) is 0 Å². The molecule has 0 aliphatic heterocycles. The fraction of sp³-hybridized carbons (Fsp3) is 0. The first kappa shape index (κ1) is 12.6. The predicted octanol–water partition coefficient (Wildman–Crippen LogP) is 3.55. The van der Waals surface area contributed by atoms with Gasteiger partial charge in [-0.2, -0.15) is 0 Å². The Hall–Kier alpha value is -1.88. The fourth-order valence-corrected chi connectivity index (χ4v) is 1.81. The molecule has 2 N–H and O–H groups in total. The van der Waals surface area contributed by atoms with Crippen molar-refractivity contribution in [1.29, 1.82) is 0 Å². The van der Waals surface area contributed by atoms with Crippen LogP contribution in [0.3, 0.4) is 0 Å². The molecular weight excluding hydrogens is 301 g/mol. The number of para-hydroxylation sites is 2. The van der Waals surface area contributed by atoms with Crippen molar-refractivity contribution in [2.45, 2.75) is 0 Å². The van der Waals surface area contributed by atoms with Crippen LogP contribution in [0.1, 0.15) is 10.4 Å². The number of aromatic hydroxyl groups is 1. The molecule has 0 fully saturated rings. The molecule has 2 aromatic rings. The van der Waals surface area contributed by atoms with E-state index in [-0.39, 0.29) is 21.5 Å². The van der Waals surface area contributed by atoms with Crippen LogP contribution in [0.4, 0.5) is 10.1 Å². The number of carbonyl (C=O) groups excluding carboxylic acids is 1. The van der Waals surface area contributed by atoms with Crippen LogP contribution in [-0.2, 0) is 0 Å². The van der Waals surface area contributed by atoms with E-state index in [4.69, 9.17) is 0 Å². The molecule has 0 heterocycles. The van der Waals surface area contributed by atoms with Crippen LogP contribution < -0.4 is 5.32 Å². The van der Waals surface area contributed by atoms with E-state index >= 15 is 0 Å². The van der Waals surface area contributed by atoms with E-state index in [1.54, 1.807) is 18.2 Å². The average Bonchev–Trinajstić information content (AvgIpc) is 2.35. The van der Waals surface area contributed by atoms with Crippen molar-refractivity contribution in [3.63, 3.8) is 0 Å². The smallest absolute Gasteiger partial charge is 0.258 e. The van der Waals surface area contributed by atoms with Gasteiger partial charge in [-0.25, -0.2) is 4.39 Å². The minimum absolute atomic E-state index is 0.0683. The van der Waals surface area contributed by atoms with Gasteiger partial charge in [0.1, 0.15) is 11.6 Å². The van der Waals surface area contributed by atoms with E-state index in [1.165, 1.54) is 24.3 Å². The number of amides is 1. The molecule has 0 aliphatic carbocycles. The molecule has 2 rings (SSSR count). The molecule has 1 amide bonds. The van der Waals surface area contributed by atoms with Crippen molar-refractivity contribution in [3.8, 4) is 5.75 Å². The lowest BCUT2D eigenvalue weighted by Crippen LogP contribution is -2.14. The fourth-order valence-electron chi connectivity index (χ4n) is 1.45. The lowest BCUT2D eigenvalue weighted by molar-refractivity contribution is 0.102. The van der Waals surface area contributed by atoms with E-state index in [2.05, 4.69) is 21.2 Å². The van der Waals surface area contributed by atoms with Crippen LogP contribution in [0.25, 0.3) is 0 Å². The van der Waals surface area contributed by atoms with Crippen molar-refractivity contribution in [2.75, 3.05) is 5.32 Å². The second kappa shape index (κ2) is 5.18. The quantitative estimate of drug-likeness (QED) is 0.834. The Morgan fingerprint density at radius 3 is 2.61 bits per heavy atom. The van der Waals surface area contributed by atoms with Crippen LogP contribution in [-0.4, -0.2) is 11.0 Å². The number of carbonyl (C=O) groups is 1. The number of rotatable bonds is 2. The van der Waals surface area contributed by atoms with Gasteiger partial charge in [-0.1, -0.05) is 18.2 Å². The maximum Gasteiger partial charge on any atom is 0.258 e. The minimum atomic E-state index is -0.634. The highest BCUT2D eigenvalue weighted by atomic mass is 79.9. The summed E-state index contributed by atoms with van der Waals surface area (Å²) in [6.07, 6.45) is 0. The van der Waals surface area contributed by atoms with Gasteiger partial charge in [0.05, 0.1) is 15.7 Å². The summed E-state index contributed by atoms with van der Waals surface area (Å²) in [6, 6.07) is 10.7. The minimum Gasteiger partial charge on any atom is -0.506 e. The largest absolute Gasteiger partial charge is 0.506 e. The maximum absolute atomic E-state index is 13.7. The molecule has 0 unspecified atom stereocenters. The summed E-state index contributed by atoms with van der Waals surface area (Å²) in [6.45, 7) is 0. The topological polar surface area (TPSA) is 49.3 Å². The lowest BCUT2D eigenvalue weighted by atomic mass is 10.2. The molecule has 92 valence electrons. The normalized spacial score (nSPS) is 10.1. The molecule has 0 bridgehead atoms. The zero-order chi connectivity index (χ0) is 13.1. The highest BCUT2D eigenvalue weighted by molar-refractivity contribution is 9.10. The molecule has 0 spiro atoms. The van der Waals surface area contributed by atoms with Gasteiger partial charge in [0.2, 0.25) is 0 Å². The summed E-state index contributed by atoms with van der Waals surface area (Å²) >= 11 is 3.01. The van der Waals surface area contributed by atoms with Crippen molar-refractivity contribution in [1.82, 2.24) is 0 Å². The number of hydrogen-bond acceptors (Lipinski definition) is 2. The Morgan fingerprint density at radius 2 is 1.89 bits per heavy atom. The van der Waals surface area contributed by atoms with Crippen LogP contribution in [0.2, 0.25) is 0 Å². The molecule has 0 atom stereocenters. The zero-order valence-electron chi connectivity index (χ0n) is 9.15. The molecule has 0 aliphatic rings. The number of phenols is 1. The van der Waals surface area contributed by atoms with Gasteiger partial charge < -0.3 is 10.4 Å². The summed E-state index contributed by atoms with van der Waals surface area (Å²) in [7, 11) is 0. The van der Waals surface area contributed by atoms with E-state index in [9.17, 15) is 14.3 Å². The Morgan fingerprint density at radius 1 is 1.17 bits per heavy atom. The van der Waals surface area contributed by atoms with Crippen LogP contribution in [0, 0.1) is 5.82 Å². The molecule has 0 saturated heterocycles. The first-order chi connectivity index (χ1) is 8.59. The van der Waals surface area contributed by atoms with Crippen molar-refractivity contribution >= 4 is 27.5 Å². The highest BCUT2D eigenvalue weighted by Gasteiger charge is 2.14. The Kier molecular flexibility index (Phi) is 3.62. The second-order valence-corrected chi connectivity index (χ2v) is 4.43. The summed E-state index contributed by atoms with van der Waals surface area (Å²) in [5.74, 6) is -1.32. The third kappa shape index (κ3) is 2.51. The molecule has 18 heavy (non-hydrogen) atoms. The van der Waals surface area contributed by atoms with Crippen LogP contribution >= 0.6 is 15.9 Å². The molecule has 0 radical (unpaired) electrons. The van der Waals surface area contributed by atoms with Crippen molar-refractivity contribution < 1.29 is 14.3 Å².